The van der Waals surface area contributed by atoms with Crippen molar-refractivity contribution in [1.82, 2.24) is 6.15 Å². The Labute approximate surface area is 171 Å². The normalized spacial score (nSPS) is 15.9. The third-order valence-electron chi connectivity index (χ3n) is 5.02. The van der Waals surface area contributed by atoms with Crippen LogP contribution in [0.15, 0.2) is 0 Å². The number of nitrogens with zero attached hydrogens (tertiary/aromatic N) is 1. The summed E-state index contributed by atoms with van der Waals surface area (Å²) in [6.45, 7) is 7.90. The van der Waals surface area contributed by atoms with Gasteiger partial charge < -0.3 is 44.6 Å². The molecule has 0 amide bonds. The van der Waals surface area contributed by atoms with Gasteiger partial charge in [0.05, 0.1) is 26.2 Å². The molecular formula is C18H41Br2ClN2. The van der Waals surface area contributed by atoms with Gasteiger partial charge in [0, 0.05) is 12.3 Å². The maximum atomic E-state index is 5.92. The van der Waals surface area contributed by atoms with Gasteiger partial charge >= 0.3 is 0 Å². The maximum absolute atomic E-state index is 5.92. The molecule has 1 saturated heterocycles. The van der Waals surface area contributed by atoms with Gasteiger partial charge in [-0.2, -0.15) is 0 Å². The van der Waals surface area contributed by atoms with Crippen LogP contribution in [0.1, 0.15) is 84.0 Å². The first-order valence-electron chi connectivity index (χ1n) is 9.24. The van der Waals surface area contributed by atoms with Crippen molar-refractivity contribution in [2.75, 3.05) is 32.1 Å². The summed E-state index contributed by atoms with van der Waals surface area (Å²) in [7, 11) is 0. The molecule has 0 spiro atoms. The minimum absolute atomic E-state index is 0. The second-order valence-corrected chi connectivity index (χ2v) is 7.19. The van der Waals surface area contributed by atoms with Crippen molar-refractivity contribution in [3.05, 3.63) is 0 Å². The average Bonchev–Trinajstić information content (AvgIpc) is 2.49. The number of rotatable bonds is 12. The molecule has 0 saturated carbocycles. The summed E-state index contributed by atoms with van der Waals surface area (Å²) in [5, 5.41) is 0. The van der Waals surface area contributed by atoms with Gasteiger partial charge in [0.15, 0.2) is 0 Å². The van der Waals surface area contributed by atoms with Crippen LogP contribution in [0.4, 0.5) is 0 Å². The van der Waals surface area contributed by atoms with Crippen molar-refractivity contribution in [1.29, 1.82) is 0 Å². The fourth-order valence-corrected chi connectivity index (χ4v) is 3.84. The van der Waals surface area contributed by atoms with Crippen LogP contribution >= 0.6 is 11.6 Å². The quantitative estimate of drug-likeness (QED) is 0.234. The molecule has 1 aliphatic rings. The van der Waals surface area contributed by atoms with Crippen molar-refractivity contribution in [3.63, 3.8) is 0 Å². The summed E-state index contributed by atoms with van der Waals surface area (Å²) >= 11 is 5.92. The topological polar surface area (TPSA) is 36.5 Å². The summed E-state index contributed by atoms with van der Waals surface area (Å²) in [5.74, 6) is 0.845. The van der Waals surface area contributed by atoms with E-state index < -0.39 is 0 Å². The third-order valence-corrected chi connectivity index (χ3v) is 5.28. The van der Waals surface area contributed by atoms with E-state index in [0.29, 0.717) is 0 Å². The van der Waals surface area contributed by atoms with Gasteiger partial charge in [0.1, 0.15) is 0 Å². The van der Waals surface area contributed by atoms with Gasteiger partial charge in [-0.05, 0) is 32.1 Å². The highest BCUT2D eigenvalue weighted by Gasteiger charge is 2.28. The van der Waals surface area contributed by atoms with Crippen molar-refractivity contribution in [2.45, 2.75) is 84.0 Å². The van der Waals surface area contributed by atoms with Gasteiger partial charge in [0.2, 0.25) is 0 Å². The molecule has 1 fully saturated rings. The highest BCUT2D eigenvalue weighted by Crippen LogP contribution is 2.21. The number of hydrogen-bond acceptors (Lipinski definition) is 0. The summed E-state index contributed by atoms with van der Waals surface area (Å²) in [6, 6.07) is 0. The van der Waals surface area contributed by atoms with Crippen LogP contribution in [-0.2, 0) is 0 Å². The lowest BCUT2D eigenvalue weighted by Gasteiger charge is -2.41. The molecule has 1 aliphatic heterocycles. The fourth-order valence-electron chi connectivity index (χ4n) is 3.72. The van der Waals surface area contributed by atoms with E-state index in [-0.39, 0.29) is 40.1 Å². The number of unbranched alkanes of at least 4 members (excludes halogenated alkanes) is 7. The smallest absolute Gasteiger partial charge is 0.0798 e. The third kappa shape index (κ3) is 14.1. The zero-order valence-electron chi connectivity index (χ0n) is 15.6. The van der Waals surface area contributed by atoms with Crippen LogP contribution in [-0.4, -0.2) is 36.5 Å². The first-order valence-corrected chi connectivity index (χ1v) is 9.77. The van der Waals surface area contributed by atoms with Gasteiger partial charge in [-0.1, -0.05) is 45.4 Å². The number of piperidine rings is 1. The van der Waals surface area contributed by atoms with E-state index in [1.807, 2.05) is 0 Å². The number of alkyl halides is 1. The Kier molecular flexibility index (Phi) is 24.5. The van der Waals surface area contributed by atoms with Crippen LogP contribution in [0.25, 0.3) is 0 Å². The Morgan fingerprint density at radius 3 is 1.70 bits per heavy atom. The van der Waals surface area contributed by atoms with Gasteiger partial charge in [-0.15, -0.1) is 11.6 Å². The molecule has 0 unspecified atom stereocenters. The minimum Gasteiger partial charge on any atom is -1.00 e. The standard InChI is InChI=1S/C18H37ClN.2BrH.H3N/c1-2-3-4-5-6-7-8-10-15-20(18-13-14-19)16-11-9-12-17-20;;;/h2-18H2,1H3;2*1H;1H3/q+1;;;/p-1. The predicted octanol–water partition coefficient (Wildman–Crippen LogP) is 0.141. The number of quaternary nitrogens is 2. The molecule has 0 atom stereocenters. The molecule has 1 rings (SSSR count). The molecular weight excluding hydrogens is 439 g/mol. The van der Waals surface area contributed by atoms with Gasteiger partial charge in [-0.25, -0.2) is 0 Å². The zero-order valence-corrected chi connectivity index (χ0v) is 19.5. The minimum atomic E-state index is 0. The van der Waals surface area contributed by atoms with E-state index in [2.05, 4.69) is 6.92 Å². The number of likely N-dealkylation sites (tertiary alicyclic amines) is 1. The summed E-state index contributed by atoms with van der Waals surface area (Å²) in [6.07, 6.45) is 17.1. The molecule has 0 aliphatic carbocycles. The molecule has 0 aromatic carbocycles. The van der Waals surface area contributed by atoms with Crippen molar-refractivity contribution < 1.29 is 38.4 Å². The SMILES string of the molecule is CCCCCCCCCC[N+]1(CCCCl)CCCCC1.[Br-].[Br-].[NH4+]. The molecule has 0 aromatic heterocycles. The molecule has 5 heteroatoms. The van der Waals surface area contributed by atoms with Crippen molar-refractivity contribution in [3.8, 4) is 0 Å². The Morgan fingerprint density at radius 2 is 1.17 bits per heavy atom. The average molecular weight is 481 g/mol. The first kappa shape index (κ1) is 29.0. The molecule has 0 aromatic rings. The van der Waals surface area contributed by atoms with Crippen LogP contribution < -0.4 is 40.1 Å². The Morgan fingerprint density at radius 1 is 0.696 bits per heavy atom. The largest absolute Gasteiger partial charge is 1.00 e. The van der Waals surface area contributed by atoms with E-state index in [0.717, 1.165) is 5.88 Å². The fraction of sp³-hybridized carbons (Fsp3) is 1.00. The lowest BCUT2D eigenvalue weighted by atomic mass is 10.0. The second-order valence-electron chi connectivity index (χ2n) is 6.81. The van der Waals surface area contributed by atoms with Gasteiger partial charge in [-0.3, -0.25) is 0 Å². The molecule has 144 valence electrons. The van der Waals surface area contributed by atoms with Crippen LogP contribution in [0.3, 0.4) is 0 Å². The Hall–Kier alpha value is 1.17. The highest BCUT2D eigenvalue weighted by atomic mass is 79.9. The molecule has 2 nitrogen and oxygen atoms in total. The van der Waals surface area contributed by atoms with Crippen molar-refractivity contribution in [2.24, 2.45) is 0 Å². The molecule has 0 radical (unpaired) electrons. The molecule has 4 N–H and O–H groups in total. The van der Waals surface area contributed by atoms with Gasteiger partial charge in [0.25, 0.3) is 0 Å². The number of halogens is 3. The van der Waals surface area contributed by atoms with E-state index in [1.54, 1.807) is 0 Å². The first-order chi connectivity index (χ1) is 9.83. The molecule has 0 bridgehead atoms. The lowest BCUT2D eigenvalue weighted by Crippen LogP contribution is -3.00. The van der Waals surface area contributed by atoms with Crippen molar-refractivity contribution >= 4 is 11.6 Å². The zero-order chi connectivity index (χ0) is 14.5. The second kappa shape index (κ2) is 19.5. The summed E-state index contributed by atoms with van der Waals surface area (Å²) in [4.78, 5) is 0. The molecule has 23 heavy (non-hydrogen) atoms. The monoisotopic (exact) mass is 478 g/mol. The van der Waals surface area contributed by atoms with Crippen LogP contribution in [0.5, 0.6) is 0 Å². The Balaban J connectivity index is -0.00000133. The van der Waals surface area contributed by atoms with Crippen LogP contribution in [0.2, 0.25) is 0 Å². The predicted molar refractivity (Wildman–Crippen MR) is 97.5 cm³/mol. The number of hydrogen-bond donors (Lipinski definition) is 1. The van der Waals surface area contributed by atoms with E-state index in [1.165, 1.54) is 108 Å². The summed E-state index contributed by atoms with van der Waals surface area (Å²) in [5.41, 5.74) is 0. The highest BCUT2D eigenvalue weighted by molar-refractivity contribution is 6.17. The van der Waals surface area contributed by atoms with E-state index in [4.69, 9.17) is 11.6 Å². The summed E-state index contributed by atoms with van der Waals surface area (Å²) < 4.78 is 1.39. The van der Waals surface area contributed by atoms with E-state index in [9.17, 15) is 0 Å². The van der Waals surface area contributed by atoms with E-state index >= 15 is 0 Å². The maximum Gasteiger partial charge on any atom is 0.0798 e. The molecule has 1 heterocycles. The van der Waals surface area contributed by atoms with Crippen LogP contribution in [0, 0.1) is 0 Å². The lowest BCUT2D eigenvalue weighted by molar-refractivity contribution is -0.932. The Bertz CT molecular complexity index is 225.